The van der Waals surface area contributed by atoms with Gasteiger partial charge in [0.05, 0.1) is 0 Å². The quantitative estimate of drug-likeness (QED) is 0.304. The third kappa shape index (κ3) is 6.74. The molecule has 0 bridgehead atoms. The van der Waals surface area contributed by atoms with Crippen LogP contribution in [0.15, 0.2) is 78.9 Å². The molecule has 5 rings (SSSR count). The molecule has 6 heteroatoms. The largest absolute Gasteiger partial charge is 0.341 e. The topological polar surface area (TPSA) is 61.4 Å². The number of carbonyl (C=O) groups excluding carboxylic acids is 2. The molecule has 1 heterocycles. The number of benzene rings is 3. The minimum Gasteiger partial charge on any atom is -0.341 e. The van der Waals surface area contributed by atoms with E-state index >= 15 is 0 Å². The molecule has 0 radical (unpaired) electrons. The Bertz CT molecular complexity index is 1260. The first-order chi connectivity index (χ1) is 18.9. The molecule has 2 N–H and O–H groups in total. The monoisotopic (exact) mass is 527 g/mol. The SMILES string of the molecule is CC1(NCCCCC(NC(=O)c2ccc(-c3ccccc3)cc2)C(=O)N2CCCC2)CC1c1ccc(F)cc1. The molecule has 0 aromatic heterocycles. The fourth-order valence-electron chi connectivity index (χ4n) is 5.69. The van der Waals surface area contributed by atoms with Crippen LogP contribution in [0.5, 0.6) is 0 Å². The Balaban J connectivity index is 1.13. The van der Waals surface area contributed by atoms with Gasteiger partial charge in [-0.3, -0.25) is 9.59 Å². The van der Waals surface area contributed by atoms with E-state index in [2.05, 4.69) is 17.6 Å². The van der Waals surface area contributed by atoms with Gasteiger partial charge in [0.25, 0.3) is 5.91 Å². The van der Waals surface area contributed by atoms with Crippen molar-refractivity contribution in [2.24, 2.45) is 0 Å². The highest BCUT2D eigenvalue weighted by molar-refractivity contribution is 5.98. The van der Waals surface area contributed by atoms with E-state index in [1.54, 1.807) is 0 Å². The van der Waals surface area contributed by atoms with Gasteiger partial charge < -0.3 is 15.5 Å². The molecule has 39 heavy (non-hydrogen) atoms. The molecule has 3 aromatic rings. The third-order valence-corrected chi connectivity index (χ3v) is 8.23. The number of amides is 2. The standard InChI is InChI=1S/C33H38FN3O2/c1-33(23-29(33)26-16-18-28(34)19-17-26)35-20-6-5-11-30(32(39)37-21-7-8-22-37)36-31(38)27-14-12-25(13-15-27)24-9-3-2-4-10-24/h2-4,9-10,12-19,29-30,35H,5-8,11,20-23H2,1H3,(H,36,38). The summed E-state index contributed by atoms with van der Waals surface area (Å²) in [5.41, 5.74) is 3.91. The second-order valence-electron chi connectivity index (χ2n) is 11.2. The molecule has 1 aliphatic heterocycles. The molecule has 1 saturated carbocycles. The van der Waals surface area contributed by atoms with Gasteiger partial charge in [-0.2, -0.15) is 0 Å². The van der Waals surface area contributed by atoms with Crippen molar-refractivity contribution in [3.63, 3.8) is 0 Å². The van der Waals surface area contributed by atoms with Gasteiger partial charge in [-0.25, -0.2) is 4.39 Å². The highest BCUT2D eigenvalue weighted by Gasteiger charge is 2.50. The maximum absolute atomic E-state index is 13.3. The van der Waals surface area contributed by atoms with Crippen LogP contribution in [0.3, 0.4) is 0 Å². The fraction of sp³-hybridized carbons (Fsp3) is 0.394. The normalized spacial score (nSPS) is 21.0. The third-order valence-electron chi connectivity index (χ3n) is 8.23. The summed E-state index contributed by atoms with van der Waals surface area (Å²) < 4.78 is 13.3. The lowest BCUT2D eigenvalue weighted by atomic mass is 10.0. The van der Waals surface area contributed by atoms with E-state index in [1.165, 1.54) is 17.7 Å². The molecule has 0 spiro atoms. The minimum atomic E-state index is -0.520. The summed E-state index contributed by atoms with van der Waals surface area (Å²) in [4.78, 5) is 28.3. The second kappa shape index (κ2) is 12.1. The number of nitrogens with one attached hydrogen (secondary N) is 2. The molecule has 3 atom stereocenters. The summed E-state index contributed by atoms with van der Waals surface area (Å²) >= 11 is 0. The maximum atomic E-state index is 13.3. The first-order valence-corrected chi connectivity index (χ1v) is 14.2. The number of halogens is 1. The van der Waals surface area contributed by atoms with Crippen LogP contribution in [0.25, 0.3) is 11.1 Å². The molecule has 3 unspecified atom stereocenters. The van der Waals surface area contributed by atoms with Gasteiger partial charge in [0, 0.05) is 30.1 Å². The van der Waals surface area contributed by atoms with Crippen LogP contribution < -0.4 is 10.6 Å². The van der Waals surface area contributed by atoms with Gasteiger partial charge in [-0.05, 0) is 92.9 Å². The van der Waals surface area contributed by atoms with Crippen LogP contribution in [0.4, 0.5) is 4.39 Å². The molecule has 5 nitrogen and oxygen atoms in total. The molecule has 2 amide bonds. The Labute approximate surface area is 230 Å². The van der Waals surface area contributed by atoms with Crippen molar-refractivity contribution in [2.45, 2.75) is 62.9 Å². The zero-order valence-electron chi connectivity index (χ0n) is 22.7. The van der Waals surface area contributed by atoms with Gasteiger partial charge >= 0.3 is 0 Å². The van der Waals surface area contributed by atoms with Crippen molar-refractivity contribution in [3.05, 3.63) is 95.8 Å². The van der Waals surface area contributed by atoms with Crippen molar-refractivity contribution >= 4 is 11.8 Å². The molecule has 204 valence electrons. The highest BCUT2D eigenvalue weighted by atomic mass is 19.1. The van der Waals surface area contributed by atoms with Crippen LogP contribution >= 0.6 is 0 Å². The zero-order chi connectivity index (χ0) is 27.2. The maximum Gasteiger partial charge on any atom is 0.251 e. The van der Waals surface area contributed by atoms with E-state index in [0.717, 1.165) is 62.9 Å². The van der Waals surface area contributed by atoms with Crippen molar-refractivity contribution < 1.29 is 14.0 Å². The lowest BCUT2D eigenvalue weighted by molar-refractivity contribution is -0.132. The number of unbranched alkanes of at least 4 members (excludes halogenated alkanes) is 1. The first kappa shape index (κ1) is 27.1. The van der Waals surface area contributed by atoms with Crippen molar-refractivity contribution in [3.8, 4) is 11.1 Å². The first-order valence-electron chi connectivity index (χ1n) is 14.2. The average Bonchev–Trinajstić information content (AvgIpc) is 3.34. The van der Waals surface area contributed by atoms with Crippen LogP contribution in [0.2, 0.25) is 0 Å². The van der Waals surface area contributed by atoms with E-state index in [9.17, 15) is 14.0 Å². The smallest absolute Gasteiger partial charge is 0.251 e. The zero-order valence-corrected chi connectivity index (χ0v) is 22.7. The molecule has 1 aliphatic carbocycles. The van der Waals surface area contributed by atoms with E-state index < -0.39 is 6.04 Å². The minimum absolute atomic E-state index is 0.0280. The molecule has 2 fully saturated rings. The summed E-state index contributed by atoms with van der Waals surface area (Å²) in [6.45, 7) is 4.58. The van der Waals surface area contributed by atoms with Crippen LogP contribution in [0, 0.1) is 5.82 Å². The van der Waals surface area contributed by atoms with E-state index in [1.807, 2.05) is 71.6 Å². The Morgan fingerprint density at radius 1 is 0.923 bits per heavy atom. The van der Waals surface area contributed by atoms with Crippen molar-refractivity contribution in [1.82, 2.24) is 15.5 Å². The number of hydrogen-bond acceptors (Lipinski definition) is 3. The van der Waals surface area contributed by atoms with Gasteiger partial charge in [-0.15, -0.1) is 0 Å². The lowest BCUT2D eigenvalue weighted by Crippen LogP contribution is -2.47. The highest BCUT2D eigenvalue weighted by Crippen LogP contribution is 2.51. The van der Waals surface area contributed by atoms with Gasteiger partial charge in [-0.1, -0.05) is 54.6 Å². The summed E-state index contributed by atoms with van der Waals surface area (Å²) in [6.07, 6.45) is 5.44. The Hall–Kier alpha value is -3.51. The number of hydrogen-bond donors (Lipinski definition) is 2. The predicted octanol–water partition coefficient (Wildman–Crippen LogP) is 5.92. The lowest BCUT2D eigenvalue weighted by Gasteiger charge is -2.24. The number of carbonyl (C=O) groups is 2. The Morgan fingerprint density at radius 2 is 1.59 bits per heavy atom. The molecule has 3 aromatic carbocycles. The summed E-state index contributed by atoms with van der Waals surface area (Å²) in [5, 5.41) is 6.70. The van der Waals surface area contributed by atoms with E-state index in [4.69, 9.17) is 0 Å². The van der Waals surface area contributed by atoms with Gasteiger partial charge in [0.1, 0.15) is 11.9 Å². The van der Waals surface area contributed by atoms with E-state index in [-0.39, 0.29) is 23.2 Å². The Kier molecular flexibility index (Phi) is 8.41. The fourth-order valence-corrected chi connectivity index (χ4v) is 5.69. The molecular weight excluding hydrogens is 489 g/mol. The van der Waals surface area contributed by atoms with Crippen molar-refractivity contribution in [2.75, 3.05) is 19.6 Å². The number of nitrogens with zero attached hydrogens (tertiary/aromatic N) is 1. The number of likely N-dealkylation sites (tertiary alicyclic amines) is 1. The predicted molar refractivity (Wildman–Crippen MR) is 153 cm³/mol. The van der Waals surface area contributed by atoms with Crippen LogP contribution in [-0.2, 0) is 4.79 Å². The van der Waals surface area contributed by atoms with E-state index in [0.29, 0.717) is 17.9 Å². The van der Waals surface area contributed by atoms with Crippen molar-refractivity contribution in [1.29, 1.82) is 0 Å². The second-order valence-corrected chi connectivity index (χ2v) is 11.2. The Morgan fingerprint density at radius 3 is 2.28 bits per heavy atom. The number of rotatable bonds is 11. The summed E-state index contributed by atoms with van der Waals surface area (Å²) in [6, 6.07) is 23.9. The van der Waals surface area contributed by atoms with Crippen LogP contribution in [0.1, 0.15) is 67.3 Å². The molecule has 1 saturated heterocycles. The molecular formula is C33H38FN3O2. The van der Waals surface area contributed by atoms with Crippen LogP contribution in [-0.4, -0.2) is 47.9 Å². The van der Waals surface area contributed by atoms with Gasteiger partial charge in [0.15, 0.2) is 0 Å². The summed E-state index contributed by atoms with van der Waals surface area (Å²) in [7, 11) is 0. The summed E-state index contributed by atoms with van der Waals surface area (Å²) in [5.74, 6) is 0.0108. The molecule has 2 aliphatic rings. The van der Waals surface area contributed by atoms with Gasteiger partial charge in [0.2, 0.25) is 5.91 Å². The average molecular weight is 528 g/mol.